The Balaban J connectivity index is 3.00. The summed E-state index contributed by atoms with van der Waals surface area (Å²) in [7, 11) is -4.05. The molecule has 0 bridgehead atoms. The van der Waals surface area contributed by atoms with Crippen molar-refractivity contribution in [3.05, 3.63) is 0 Å². The van der Waals surface area contributed by atoms with Crippen LogP contribution in [0, 0.1) is 5.92 Å². The van der Waals surface area contributed by atoms with Crippen LogP contribution in [0.5, 0.6) is 0 Å². The van der Waals surface area contributed by atoms with Crippen molar-refractivity contribution in [1.29, 1.82) is 0 Å². The van der Waals surface area contributed by atoms with E-state index in [4.69, 9.17) is 5.11 Å². The SMILES string of the molecule is CC(C)C1COS(=O)(=O)N1C(=O)O. The summed E-state index contributed by atoms with van der Waals surface area (Å²) >= 11 is 0. The van der Waals surface area contributed by atoms with Crippen LogP contribution in [0.4, 0.5) is 4.79 Å². The summed E-state index contributed by atoms with van der Waals surface area (Å²) in [5.41, 5.74) is 0. The van der Waals surface area contributed by atoms with E-state index in [1.165, 1.54) is 0 Å². The molecule has 1 aliphatic heterocycles. The average molecular weight is 209 g/mol. The molecule has 1 rings (SSSR count). The standard InChI is InChI=1S/C6H11NO5S/c1-4(2)5-3-12-13(10,11)7(5)6(8)9/h4-5H,3H2,1-2H3,(H,8,9). The van der Waals surface area contributed by atoms with Crippen molar-refractivity contribution in [1.82, 2.24) is 4.31 Å². The first-order chi connectivity index (χ1) is 5.86. The molecule has 0 aromatic rings. The highest BCUT2D eigenvalue weighted by atomic mass is 32.2. The molecule has 1 saturated heterocycles. The Kier molecular flexibility index (Phi) is 2.49. The summed E-state index contributed by atoms with van der Waals surface area (Å²) in [6.07, 6.45) is -1.49. The first-order valence-electron chi connectivity index (χ1n) is 3.78. The van der Waals surface area contributed by atoms with Crippen LogP contribution in [-0.2, 0) is 14.5 Å². The maximum atomic E-state index is 11.0. The first-order valence-corrected chi connectivity index (χ1v) is 5.14. The minimum Gasteiger partial charge on any atom is -0.464 e. The van der Waals surface area contributed by atoms with Crippen molar-refractivity contribution in [2.24, 2.45) is 5.92 Å². The van der Waals surface area contributed by atoms with Gasteiger partial charge < -0.3 is 5.11 Å². The lowest BCUT2D eigenvalue weighted by molar-refractivity contribution is 0.155. The van der Waals surface area contributed by atoms with Crippen molar-refractivity contribution >= 4 is 16.4 Å². The molecule has 0 aromatic carbocycles. The summed E-state index contributed by atoms with van der Waals surface area (Å²) in [6, 6.07) is -0.609. The molecule has 6 nitrogen and oxygen atoms in total. The van der Waals surface area contributed by atoms with Gasteiger partial charge in [-0.1, -0.05) is 13.8 Å². The molecule has 1 atom stereocenters. The van der Waals surface area contributed by atoms with Crippen LogP contribution in [0.15, 0.2) is 0 Å². The zero-order valence-corrected chi connectivity index (χ0v) is 8.11. The number of carbonyl (C=O) groups is 1. The first kappa shape index (κ1) is 10.3. The second-order valence-electron chi connectivity index (χ2n) is 3.13. The number of rotatable bonds is 1. The molecular formula is C6H11NO5S. The van der Waals surface area contributed by atoms with Crippen LogP contribution >= 0.6 is 0 Å². The summed E-state index contributed by atoms with van der Waals surface area (Å²) in [6.45, 7) is 3.39. The van der Waals surface area contributed by atoms with E-state index in [0.29, 0.717) is 4.31 Å². The van der Waals surface area contributed by atoms with E-state index in [2.05, 4.69) is 4.18 Å². The van der Waals surface area contributed by atoms with E-state index in [1.807, 2.05) is 0 Å². The Morgan fingerprint density at radius 1 is 1.62 bits per heavy atom. The summed E-state index contributed by atoms with van der Waals surface area (Å²) < 4.78 is 26.9. The third-order valence-electron chi connectivity index (χ3n) is 1.89. The summed E-state index contributed by atoms with van der Waals surface area (Å²) in [4.78, 5) is 10.6. The van der Waals surface area contributed by atoms with E-state index in [0.717, 1.165) is 0 Å². The maximum Gasteiger partial charge on any atom is 0.423 e. The van der Waals surface area contributed by atoms with Gasteiger partial charge in [0.1, 0.15) is 0 Å². The van der Waals surface area contributed by atoms with Crippen molar-refractivity contribution in [3.63, 3.8) is 0 Å². The third-order valence-corrected chi connectivity index (χ3v) is 3.23. The van der Waals surface area contributed by atoms with Crippen molar-refractivity contribution < 1.29 is 22.5 Å². The zero-order valence-electron chi connectivity index (χ0n) is 7.30. The van der Waals surface area contributed by atoms with Gasteiger partial charge in [-0.3, -0.25) is 4.18 Å². The van der Waals surface area contributed by atoms with Crippen LogP contribution < -0.4 is 0 Å². The maximum absolute atomic E-state index is 11.0. The molecule has 1 heterocycles. The molecule has 0 spiro atoms. The second kappa shape index (κ2) is 3.15. The summed E-state index contributed by atoms with van der Waals surface area (Å²) in [5.74, 6) is -0.0895. The lowest BCUT2D eigenvalue weighted by Gasteiger charge is -2.19. The predicted molar refractivity (Wildman–Crippen MR) is 43.4 cm³/mol. The smallest absolute Gasteiger partial charge is 0.423 e. The molecule has 1 amide bonds. The Bertz CT molecular complexity index is 309. The molecule has 1 aliphatic rings. The van der Waals surface area contributed by atoms with E-state index >= 15 is 0 Å². The van der Waals surface area contributed by atoms with E-state index in [1.54, 1.807) is 13.8 Å². The minimum absolute atomic E-state index is 0.0895. The average Bonchev–Trinajstić information content (AvgIpc) is 2.24. The molecule has 0 aliphatic carbocycles. The van der Waals surface area contributed by atoms with Crippen LogP contribution in [0.3, 0.4) is 0 Å². The Morgan fingerprint density at radius 2 is 2.15 bits per heavy atom. The number of hydrogen-bond donors (Lipinski definition) is 1. The molecule has 1 fully saturated rings. The van der Waals surface area contributed by atoms with Gasteiger partial charge in [0.2, 0.25) is 0 Å². The number of amides is 1. The number of nitrogens with zero attached hydrogens (tertiary/aromatic N) is 1. The van der Waals surface area contributed by atoms with Gasteiger partial charge in [-0.05, 0) is 5.92 Å². The van der Waals surface area contributed by atoms with Gasteiger partial charge in [-0.15, -0.1) is 0 Å². The molecule has 76 valence electrons. The van der Waals surface area contributed by atoms with E-state index in [9.17, 15) is 13.2 Å². The Morgan fingerprint density at radius 3 is 2.46 bits per heavy atom. The van der Waals surface area contributed by atoms with Gasteiger partial charge in [0.05, 0.1) is 12.6 Å². The molecule has 13 heavy (non-hydrogen) atoms. The van der Waals surface area contributed by atoms with Crippen LogP contribution in [0.25, 0.3) is 0 Å². The number of hydrogen-bond acceptors (Lipinski definition) is 4. The fourth-order valence-electron chi connectivity index (χ4n) is 1.15. The lowest BCUT2D eigenvalue weighted by Crippen LogP contribution is -2.41. The number of carboxylic acid groups (broad SMARTS) is 1. The quantitative estimate of drug-likeness (QED) is 0.670. The molecule has 1 unspecified atom stereocenters. The third kappa shape index (κ3) is 1.75. The molecule has 0 aromatic heterocycles. The van der Waals surface area contributed by atoms with Crippen LogP contribution in [0.2, 0.25) is 0 Å². The molecular weight excluding hydrogens is 198 g/mol. The minimum atomic E-state index is -4.05. The van der Waals surface area contributed by atoms with Gasteiger partial charge in [-0.25, -0.2) is 4.79 Å². The summed E-state index contributed by atoms with van der Waals surface area (Å²) in [5, 5.41) is 8.63. The van der Waals surface area contributed by atoms with Gasteiger partial charge in [0.25, 0.3) is 0 Å². The van der Waals surface area contributed by atoms with Gasteiger partial charge >= 0.3 is 16.4 Å². The zero-order chi connectivity index (χ0) is 10.2. The highest BCUT2D eigenvalue weighted by Crippen LogP contribution is 2.23. The molecule has 1 N–H and O–H groups in total. The van der Waals surface area contributed by atoms with Crippen LogP contribution in [-0.4, -0.2) is 36.6 Å². The van der Waals surface area contributed by atoms with Gasteiger partial charge in [0, 0.05) is 0 Å². The van der Waals surface area contributed by atoms with Crippen molar-refractivity contribution in [3.8, 4) is 0 Å². The highest BCUT2D eigenvalue weighted by molar-refractivity contribution is 7.85. The van der Waals surface area contributed by atoms with E-state index < -0.39 is 22.4 Å². The Labute approximate surface area is 76.4 Å². The molecule has 7 heteroatoms. The molecule has 0 radical (unpaired) electrons. The van der Waals surface area contributed by atoms with Gasteiger partial charge in [-0.2, -0.15) is 12.7 Å². The second-order valence-corrected chi connectivity index (χ2v) is 4.62. The fraction of sp³-hybridized carbons (Fsp3) is 0.833. The fourth-order valence-corrected chi connectivity index (χ4v) is 2.40. The highest BCUT2D eigenvalue weighted by Gasteiger charge is 2.43. The predicted octanol–water partition coefficient (Wildman–Crippen LogP) is 0.266. The largest absolute Gasteiger partial charge is 0.464 e. The van der Waals surface area contributed by atoms with Gasteiger partial charge in [0.15, 0.2) is 0 Å². The topological polar surface area (TPSA) is 83.9 Å². The van der Waals surface area contributed by atoms with Crippen molar-refractivity contribution in [2.75, 3.05) is 6.61 Å². The van der Waals surface area contributed by atoms with E-state index in [-0.39, 0.29) is 12.5 Å². The Hall–Kier alpha value is -0.820. The lowest BCUT2D eigenvalue weighted by atomic mass is 10.1. The van der Waals surface area contributed by atoms with Crippen LogP contribution in [0.1, 0.15) is 13.8 Å². The van der Waals surface area contributed by atoms with Crippen molar-refractivity contribution in [2.45, 2.75) is 19.9 Å². The molecule has 0 saturated carbocycles. The normalized spacial score (nSPS) is 26.7. The monoisotopic (exact) mass is 209 g/mol.